The highest BCUT2D eigenvalue weighted by molar-refractivity contribution is 7.83. The first kappa shape index (κ1) is 15.8. The van der Waals surface area contributed by atoms with E-state index in [0.29, 0.717) is 17.1 Å². The summed E-state index contributed by atoms with van der Waals surface area (Å²) in [7, 11) is -3.29. The van der Waals surface area contributed by atoms with Crippen LogP contribution in [0.15, 0.2) is 24.3 Å². The number of nitrogens with zero attached hydrogens (tertiary/aromatic N) is 1. The predicted molar refractivity (Wildman–Crippen MR) is 75.6 cm³/mol. The van der Waals surface area contributed by atoms with Gasteiger partial charge in [-0.05, 0) is 18.9 Å². The third-order valence-electron chi connectivity index (χ3n) is 4.24. The van der Waals surface area contributed by atoms with Crippen LogP contribution in [0, 0.1) is 5.82 Å². The van der Waals surface area contributed by atoms with Crippen LogP contribution in [0.4, 0.5) is 4.39 Å². The van der Waals surface area contributed by atoms with Gasteiger partial charge in [-0.25, -0.2) is 4.39 Å². The first-order chi connectivity index (χ1) is 10.3. The Balaban J connectivity index is 1.99. The third-order valence-corrected chi connectivity index (χ3v) is 5.17. The Labute approximate surface area is 128 Å². The number of halogens is 1. The van der Waals surface area contributed by atoms with Gasteiger partial charge in [-0.1, -0.05) is 18.2 Å². The Hall–Kier alpha value is -1.06. The lowest BCUT2D eigenvalue weighted by atomic mass is 10.1. The molecule has 8 heteroatoms. The zero-order valence-electron chi connectivity index (χ0n) is 12.1. The maximum Gasteiger partial charge on any atom is 0.337 e. The van der Waals surface area contributed by atoms with Crippen molar-refractivity contribution in [2.75, 3.05) is 7.05 Å². The lowest BCUT2D eigenvalue weighted by Crippen LogP contribution is -2.40. The third kappa shape index (κ3) is 2.77. The fraction of sp³-hybridized carbons (Fsp3) is 0.571. The van der Waals surface area contributed by atoms with Gasteiger partial charge in [0.2, 0.25) is 0 Å². The molecule has 0 bridgehead atoms. The molecule has 1 heterocycles. The summed E-state index contributed by atoms with van der Waals surface area (Å²) in [6.45, 7) is 0. The maximum absolute atomic E-state index is 14.1. The molecule has 6 nitrogen and oxygen atoms in total. The summed E-state index contributed by atoms with van der Waals surface area (Å²) < 4.78 is 58.7. The van der Waals surface area contributed by atoms with Crippen molar-refractivity contribution in [1.29, 1.82) is 0 Å². The quantitative estimate of drug-likeness (QED) is 0.860. The van der Waals surface area contributed by atoms with Gasteiger partial charge in [-0.3, -0.25) is 4.55 Å². The molecule has 1 aliphatic carbocycles. The van der Waals surface area contributed by atoms with E-state index >= 15 is 0 Å². The summed E-state index contributed by atoms with van der Waals surface area (Å²) in [5.74, 6) is -1.41. The number of ether oxygens (including phenoxy) is 2. The Morgan fingerprint density at radius 3 is 2.50 bits per heavy atom. The molecular formula is C14H18FNO5S. The highest BCUT2D eigenvalue weighted by Crippen LogP contribution is 2.48. The van der Waals surface area contributed by atoms with E-state index in [1.54, 1.807) is 12.1 Å². The molecule has 2 fully saturated rings. The molecule has 1 aromatic rings. The Bertz CT molecular complexity index is 659. The Morgan fingerprint density at radius 1 is 1.27 bits per heavy atom. The summed E-state index contributed by atoms with van der Waals surface area (Å²) in [5, 5.41) is 0. The van der Waals surface area contributed by atoms with Crippen LogP contribution < -0.4 is 0 Å². The zero-order chi connectivity index (χ0) is 16.0. The van der Waals surface area contributed by atoms with Crippen LogP contribution in [0.1, 0.15) is 37.4 Å². The molecule has 0 amide bonds. The van der Waals surface area contributed by atoms with Gasteiger partial charge in [-0.2, -0.15) is 12.7 Å². The highest BCUT2D eigenvalue weighted by Gasteiger charge is 2.53. The van der Waals surface area contributed by atoms with Gasteiger partial charge >= 0.3 is 10.3 Å². The van der Waals surface area contributed by atoms with Crippen molar-refractivity contribution < 1.29 is 26.8 Å². The van der Waals surface area contributed by atoms with Crippen molar-refractivity contribution in [3.8, 4) is 0 Å². The van der Waals surface area contributed by atoms with Crippen molar-refractivity contribution >= 4 is 10.3 Å². The van der Waals surface area contributed by atoms with Crippen molar-refractivity contribution in [2.45, 2.75) is 43.8 Å². The summed E-state index contributed by atoms with van der Waals surface area (Å²) in [6.07, 6.45) is 0.997. The summed E-state index contributed by atoms with van der Waals surface area (Å²) in [5.41, 5.74) is 0.215. The average Bonchev–Trinajstić information content (AvgIpc) is 3.05. The van der Waals surface area contributed by atoms with E-state index in [0.717, 1.165) is 12.8 Å². The molecule has 122 valence electrons. The monoisotopic (exact) mass is 331 g/mol. The van der Waals surface area contributed by atoms with E-state index in [2.05, 4.69) is 0 Å². The van der Waals surface area contributed by atoms with Crippen molar-refractivity contribution in [3.05, 3.63) is 35.6 Å². The first-order valence-electron chi connectivity index (χ1n) is 7.13. The molecule has 3 rings (SSSR count). The van der Waals surface area contributed by atoms with Crippen LogP contribution in [0.25, 0.3) is 0 Å². The summed E-state index contributed by atoms with van der Waals surface area (Å²) in [4.78, 5) is 0. The fourth-order valence-electron chi connectivity index (χ4n) is 3.07. The molecule has 1 N–H and O–H groups in total. The van der Waals surface area contributed by atoms with Crippen LogP contribution in [0.2, 0.25) is 0 Å². The minimum absolute atomic E-state index is 0.215. The van der Waals surface area contributed by atoms with Gasteiger partial charge in [0.15, 0.2) is 12.0 Å². The van der Waals surface area contributed by atoms with Gasteiger partial charge < -0.3 is 9.47 Å². The maximum atomic E-state index is 14.1. The van der Waals surface area contributed by atoms with E-state index in [9.17, 15) is 17.4 Å². The lowest BCUT2D eigenvalue weighted by Gasteiger charge is -2.25. The molecular weight excluding hydrogens is 313 g/mol. The second kappa shape index (κ2) is 5.54. The molecule has 1 saturated heterocycles. The van der Waals surface area contributed by atoms with E-state index in [-0.39, 0.29) is 5.56 Å². The standard InChI is InChI=1S/C14H18FNO5S/c1-16(22(17,18)19)13-12(10-6-2-3-7-11(10)15)20-14(21-13)8-4-5-9-14/h2-3,6-7,12-13H,4-5,8-9H2,1H3,(H,17,18,19). The van der Waals surface area contributed by atoms with Crippen LogP contribution in [-0.2, 0) is 19.8 Å². The normalized spacial score (nSPS) is 27.8. The largest absolute Gasteiger partial charge is 0.338 e. The van der Waals surface area contributed by atoms with Crippen LogP contribution >= 0.6 is 0 Å². The number of likely N-dealkylation sites (N-methyl/N-ethyl adjacent to an activating group) is 1. The molecule has 0 aromatic heterocycles. The van der Waals surface area contributed by atoms with Gasteiger partial charge in [0, 0.05) is 25.5 Å². The second-order valence-corrected chi connectivity index (χ2v) is 7.15. The molecule has 22 heavy (non-hydrogen) atoms. The minimum atomic E-state index is -4.48. The fourth-order valence-corrected chi connectivity index (χ4v) is 3.48. The van der Waals surface area contributed by atoms with Gasteiger partial charge in [0.25, 0.3) is 0 Å². The SMILES string of the molecule is CN(C1OC2(CCCC2)OC1c1ccccc1F)S(=O)(=O)O. The minimum Gasteiger partial charge on any atom is -0.338 e. The molecule has 1 spiro atoms. The second-order valence-electron chi connectivity index (χ2n) is 5.68. The summed E-state index contributed by atoms with van der Waals surface area (Å²) >= 11 is 0. The van der Waals surface area contributed by atoms with E-state index in [1.165, 1.54) is 19.2 Å². The Morgan fingerprint density at radius 2 is 1.91 bits per heavy atom. The van der Waals surface area contributed by atoms with Crippen molar-refractivity contribution in [1.82, 2.24) is 4.31 Å². The topological polar surface area (TPSA) is 76.1 Å². The predicted octanol–water partition coefficient (Wildman–Crippen LogP) is 2.24. The molecule has 2 unspecified atom stereocenters. The summed E-state index contributed by atoms with van der Waals surface area (Å²) in [6, 6.07) is 6.00. The van der Waals surface area contributed by atoms with E-state index in [1.807, 2.05) is 0 Å². The lowest BCUT2D eigenvalue weighted by molar-refractivity contribution is -0.177. The van der Waals surface area contributed by atoms with Gasteiger partial charge in [0.1, 0.15) is 11.9 Å². The molecule has 0 radical (unpaired) electrons. The van der Waals surface area contributed by atoms with Crippen LogP contribution in [0.5, 0.6) is 0 Å². The molecule has 1 aromatic carbocycles. The number of rotatable bonds is 3. The van der Waals surface area contributed by atoms with Crippen LogP contribution in [-0.4, -0.2) is 36.3 Å². The van der Waals surface area contributed by atoms with Crippen molar-refractivity contribution in [2.24, 2.45) is 0 Å². The average molecular weight is 331 g/mol. The van der Waals surface area contributed by atoms with Gasteiger partial charge in [-0.15, -0.1) is 0 Å². The van der Waals surface area contributed by atoms with Crippen LogP contribution in [0.3, 0.4) is 0 Å². The number of hydrogen-bond donors (Lipinski definition) is 1. The van der Waals surface area contributed by atoms with E-state index < -0.39 is 34.2 Å². The highest BCUT2D eigenvalue weighted by atomic mass is 32.2. The molecule has 1 aliphatic heterocycles. The molecule has 2 aliphatic rings. The van der Waals surface area contributed by atoms with E-state index in [4.69, 9.17) is 9.47 Å². The zero-order valence-corrected chi connectivity index (χ0v) is 12.9. The Kier molecular flexibility index (Phi) is 3.98. The van der Waals surface area contributed by atoms with Crippen molar-refractivity contribution in [3.63, 3.8) is 0 Å². The number of benzene rings is 1. The molecule has 1 saturated carbocycles. The number of hydrogen-bond acceptors (Lipinski definition) is 4. The molecule has 2 atom stereocenters. The smallest absolute Gasteiger partial charge is 0.337 e. The van der Waals surface area contributed by atoms with Gasteiger partial charge in [0.05, 0.1) is 0 Å². The first-order valence-corrected chi connectivity index (χ1v) is 8.53.